The van der Waals surface area contributed by atoms with Gasteiger partial charge in [-0.05, 0) is 38.5 Å². The zero-order valence-corrected chi connectivity index (χ0v) is 13.8. The molecule has 1 atom stereocenters. The van der Waals surface area contributed by atoms with E-state index in [-0.39, 0.29) is 5.91 Å². The Kier molecular flexibility index (Phi) is 4.81. The van der Waals surface area contributed by atoms with Gasteiger partial charge in [-0.1, -0.05) is 0 Å². The summed E-state index contributed by atoms with van der Waals surface area (Å²) in [6.07, 6.45) is 7.37. The number of piperidine rings is 1. The highest BCUT2D eigenvalue weighted by Crippen LogP contribution is 2.39. The molecule has 22 heavy (non-hydrogen) atoms. The predicted octanol–water partition coefficient (Wildman–Crippen LogP) is 2.34. The molecule has 0 radical (unpaired) electrons. The standard InChI is InChI=1S/C17H27N3O2/c1-13-10-18-17(15-5-6-15)20(13)12-14-4-3-8-19(11-14)16(21)7-9-22-2/h10,14-15H,3-9,11-12H2,1-2H3. The first-order chi connectivity index (χ1) is 10.7. The van der Waals surface area contributed by atoms with E-state index in [9.17, 15) is 4.79 Å². The second-order valence-electron chi connectivity index (χ2n) is 6.73. The fraction of sp³-hybridized carbons (Fsp3) is 0.765. The van der Waals surface area contributed by atoms with Gasteiger partial charge in [0, 0.05) is 44.6 Å². The normalized spacial score (nSPS) is 22.1. The van der Waals surface area contributed by atoms with Crippen molar-refractivity contribution in [3.8, 4) is 0 Å². The van der Waals surface area contributed by atoms with Crippen molar-refractivity contribution in [1.29, 1.82) is 0 Å². The van der Waals surface area contributed by atoms with Crippen LogP contribution in [0.3, 0.4) is 0 Å². The highest BCUT2D eigenvalue weighted by atomic mass is 16.5. The lowest BCUT2D eigenvalue weighted by atomic mass is 9.97. The number of amides is 1. The summed E-state index contributed by atoms with van der Waals surface area (Å²) in [6.45, 7) is 5.45. The third kappa shape index (κ3) is 3.51. The minimum atomic E-state index is 0.233. The average Bonchev–Trinajstić information content (AvgIpc) is 3.31. The number of nitrogens with zero attached hydrogens (tertiary/aromatic N) is 3. The summed E-state index contributed by atoms with van der Waals surface area (Å²) < 4.78 is 7.41. The van der Waals surface area contributed by atoms with Crippen LogP contribution in [0.1, 0.15) is 49.5 Å². The zero-order valence-electron chi connectivity index (χ0n) is 13.8. The van der Waals surface area contributed by atoms with Gasteiger partial charge in [0.25, 0.3) is 0 Å². The number of hydrogen-bond acceptors (Lipinski definition) is 3. The van der Waals surface area contributed by atoms with Gasteiger partial charge in [-0.15, -0.1) is 0 Å². The number of ether oxygens (including phenoxy) is 1. The Morgan fingerprint density at radius 2 is 2.23 bits per heavy atom. The van der Waals surface area contributed by atoms with Crippen LogP contribution in [0.25, 0.3) is 0 Å². The van der Waals surface area contributed by atoms with E-state index in [0.717, 1.165) is 26.1 Å². The lowest BCUT2D eigenvalue weighted by Gasteiger charge is -2.33. The van der Waals surface area contributed by atoms with Crippen molar-refractivity contribution >= 4 is 5.91 Å². The van der Waals surface area contributed by atoms with Crippen LogP contribution in [0.5, 0.6) is 0 Å². The summed E-state index contributed by atoms with van der Waals surface area (Å²) >= 11 is 0. The molecular formula is C17H27N3O2. The molecule has 2 aliphatic rings. The molecule has 1 aliphatic heterocycles. The van der Waals surface area contributed by atoms with Gasteiger partial charge in [0.05, 0.1) is 13.0 Å². The number of methoxy groups -OCH3 is 1. The molecule has 1 saturated heterocycles. The summed E-state index contributed by atoms with van der Waals surface area (Å²) in [6, 6.07) is 0. The molecule has 0 aromatic carbocycles. The second kappa shape index (κ2) is 6.82. The zero-order chi connectivity index (χ0) is 15.5. The molecule has 1 aromatic rings. The Hall–Kier alpha value is -1.36. The molecule has 1 aliphatic carbocycles. The molecule has 1 amide bonds. The van der Waals surface area contributed by atoms with Crippen molar-refractivity contribution < 1.29 is 9.53 Å². The van der Waals surface area contributed by atoms with Gasteiger partial charge in [-0.2, -0.15) is 0 Å². The smallest absolute Gasteiger partial charge is 0.224 e. The van der Waals surface area contributed by atoms with Crippen LogP contribution in [-0.2, 0) is 16.1 Å². The Balaban J connectivity index is 1.60. The average molecular weight is 305 g/mol. The van der Waals surface area contributed by atoms with Gasteiger partial charge in [-0.3, -0.25) is 4.79 Å². The van der Waals surface area contributed by atoms with Crippen LogP contribution < -0.4 is 0 Å². The summed E-state index contributed by atoms with van der Waals surface area (Å²) in [5.41, 5.74) is 1.25. The van der Waals surface area contributed by atoms with Gasteiger partial charge in [0.2, 0.25) is 5.91 Å². The van der Waals surface area contributed by atoms with Gasteiger partial charge >= 0.3 is 0 Å². The van der Waals surface area contributed by atoms with E-state index >= 15 is 0 Å². The molecule has 1 saturated carbocycles. The third-order valence-electron chi connectivity index (χ3n) is 4.86. The molecule has 2 heterocycles. The number of aryl methyl sites for hydroxylation is 1. The SMILES string of the molecule is COCCC(=O)N1CCCC(Cn2c(C)cnc2C2CC2)C1. The van der Waals surface area contributed by atoms with Crippen LogP contribution in [-0.4, -0.2) is 47.2 Å². The van der Waals surface area contributed by atoms with Crippen LogP contribution in [0.4, 0.5) is 0 Å². The predicted molar refractivity (Wildman–Crippen MR) is 84.7 cm³/mol. The molecule has 0 spiro atoms. The molecule has 0 N–H and O–H groups in total. The molecule has 0 bridgehead atoms. The number of imidazole rings is 1. The number of carbonyl (C=O) groups excluding carboxylic acids is 1. The Morgan fingerprint density at radius 3 is 2.95 bits per heavy atom. The highest BCUT2D eigenvalue weighted by molar-refractivity contribution is 5.76. The first-order valence-electron chi connectivity index (χ1n) is 8.47. The van der Waals surface area contributed by atoms with Gasteiger partial charge in [0.1, 0.15) is 5.82 Å². The number of likely N-dealkylation sites (tertiary alicyclic amines) is 1. The van der Waals surface area contributed by atoms with Gasteiger partial charge in [-0.25, -0.2) is 4.98 Å². The molecule has 3 rings (SSSR count). The maximum atomic E-state index is 12.2. The molecule has 1 unspecified atom stereocenters. The summed E-state index contributed by atoms with van der Waals surface area (Å²) in [5, 5.41) is 0. The van der Waals surface area contributed by atoms with E-state index in [0.29, 0.717) is 24.9 Å². The van der Waals surface area contributed by atoms with Gasteiger partial charge in [0.15, 0.2) is 0 Å². The minimum absolute atomic E-state index is 0.233. The van der Waals surface area contributed by atoms with Crippen molar-refractivity contribution in [2.75, 3.05) is 26.8 Å². The van der Waals surface area contributed by atoms with Crippen LogP contribution in [0, 0.1) is 12.8 Å². The highest BCUT2D eigenvalue weighted by Gasteiger charge is 2.30. The van der Waals surface area contributed by atoms with Crippen molar-refractivity contribution in [1.82, 2.24) is 14.5 Å². The molecule has 1 aromatic heterocycles. The molecule has 122 valence electrons. The number of carbonyl (C=O) groups is 1. The van der Waals surface area contributed by atoms with Crippen LogP contribution in [0.2, 0.25) is 0 Å². The number of aromatic nitrogens is 2. The van der Waals surface area contributed by atoms with Crippen molar-refractivity contribution in [2.24, 2.45) is 5.92 Å². The van der Waals surface area contributed by atoms with Crippen molar-refractivity contribution in [3.05, 3.63) is 17.7 Å². The lowest BCUT2D eigenvalue weighted by molar-refractivity contribution is -0.134. The van der Waals surface area contributed by atoms with Crippen molar-refractivity contribution in [2.45, 2.75) is 51.5 Å². The van der Waals surface area contributed by atoms with Crippen molar-refractivity contribution in [3.63, 3.8) is 0 Å². The molecule has 5 heteroatoms. The number of rotatable bonds is 6. The second-order valence-corrected chi connectivity index (χ2v) is 6.73. The number of hydrogen-bond donors (Lipinski definition) is 0. The Labute approximate surface area is 132 Å². The first kappa shape index (κ1) is 15.5. The van der Waals surface area contributed by atoms with E-state index in [1.165, 1.54) is 30.8 Å². The quantitative estimate of drug-likeness (QED) is 0.810. The fourth-order valence-corrected chi connectivity index (χ4v) is 3.43. The van der Waals surface area contributed by atoms with E-state index in [4.69, 9.17) is 4.74 Å². The Morgan fingerprint density at radius 1 is 1.41 bits per heavy atom. The van der Waals surface area contributed by atoms with Gasteiger partial charge < -0.3 is 14.2 Å². The summed E-state index contributed by atoms with van der Waals surface area (Å²) in [4.78, 5) is 18.8. The third-order valence-corrected chi connectivity index (χ3v) is 4.86. The maximum Gasteiger partial charge on any atom is 0.224 e. The van der Waals surface area contributed by atoms with E-state index in [1.807, 2.05) is 11.1 Å². The van der Waals surface area contributed by atoms with E-state index in [2.05, 4.69) is 16.5 Å². The lowest BCUT2D eigenvalue weighted by Crippen LogP contribution is -2.41. The van der Waals surface area contributed by atoms with Crippen LogP contribution >= 0.6 is 0 Å². The first-order valence-corrected chi connectivity index (χ1v) is 8.47. The molecular weight excluding hydrogens is 278 g/mol. The van der Waals surface area contributed by atoms with E-state index in [1.54, 1.807) is 7.11 Å². The minimum Gasteiger partial charge on any atom is -0.384 e. The largest absolute Gasteiger partial charge is 0.384 e. The van der Waals surface area contributed by atoms with E-state index < -0.39 is 0 Å². The Bertz CT molecular complexity index is 522. The molecule has 5 nitrogen and oxygen atoms in total. The summed E-state index contributed by atoms with van der Waals surface area (Å²) in [5.74, 6) is 2.72. The monoisotopic (exact) mass is 305 g/mol. The van der Waals surface area contributed by atoms with Crippen LogP contribution in [0.15, 0.2) is 6.20 Å². The maximum absolute atomic E-state index is 12.2. The molecule has 2 fully saturated rings. The fourth-order valence-electron chi connectivity index (χ4n) is 3.43. The summed E-state index contributed by atoms with van der Waals surface area (Å²) in [7, 11) is 1.65. The topological polar surface area (TPSA) is 47.4 Å².